The lowest BCUT2D eigenvalue weighted by Crippen LogP contribution is -2.56. The van der Waals surface area contributed by atoms with E-state index in [1.54, 1.807) is 0 Å². The first-order valence-corrected chi connectivity index (χ1v) is 7.25. The molecule has 1 saturated carbocycles. The third-order valence-electron chi connectivity index (χ3n) is 4.29. The second kappa shape index (κ2) is 6.89. The molecule has 1 N–H and O–H groups in total. The summed E-state index contributed by atoms with van der Waals surface area (Å²) in [5.74, 6) is -2.93. The number of esters is 1. The molecule has 0 radical (unpaired) electrons. The summed E-state index contributed by atoms with van der Waals surface area (Å²) in [4.78, 5) is 37.2. The fraction of sp³-hybridized carbons (Fsp3) is 0.786. The molecule has 0 aromatic heterocycles. The largest absolute Gasteiger partial charge is 0.481 e. The van der Waals surface area contributed by atoms with Crippen LogP contribution in [0.15, 0.2) is 0 Å². The summed E-state index contributed by atoms with van der Waals surface area (Å²) >= 11 is 0. The molecule has 21 heavy (non-hydrogen) atoms. The maximum absolute atomic E-state index is 12.7. The number of ether oxygens (including phenoxy) is 2. The first-order valence-electron chi connectivity index (χ1n) is 7.25. The predicted octanol–water partition coefficient (Wildman–Crippen LogP) is 0.278. The van der Waals surface area contributed by atoms with E-state index < -0.39 is 29.8 Å². The maximum atomic E-state index is 12.7. The van der Waals surface area contributed by atoms with Crippen LogP contribution in [0.5, 0.6) is 0 Å². The molecule has 3 atom stereocenters. The van der Waals surface area contributed by atoms with Crippen molar-refractivity contribution in [2.45, 2.75) is 31.7 Å². The van der Waals surface area contributed by atoms with Gasteiger partial charge in [-0.3, -0.25) is 9.59 Å². The minimum Gasteiger partial charge on any atom is -0.481 e. The number of carbonyl (C=O) groups excluding carboxylic acids is 2. The predicted molar refractivity (Wildman–Crippen MR) is 71.4 cm³/mol. The van der Waals surface area contributed by atoms with Gasteiger partial charge in [-0.1, -0.05) is 12.8 Å². The molecule has 7 nitrogen and oxygen atoms in total. The van der Waals surface area contributed by atoms with Crippen LogP contribution >= 0.6 is 0 Å². The standard InChI is InChI=1S/C14H21NO6/c1-20-14(19)11-8-21-7-6-15(11)12(16)9-4-2-3-5-10(9)13(17)18/h9-11H,2-8H2,1H3,(H,17,18). The minimum atomic E-state index is -0.934. The number of methoxy groups -OCH3 is 1. The van der Waals surface area contributed by atoms with Crippen molar-refractivity contribution < 1.29 is 29.0 Å². The van der Waals surface area contributed by atoms with Crippen LogP contribution in [0.2, 0.25) is 0 Å². The lowest BCUT2D eigenvalue weighted by molar-refractivity contribution is -0.165. The van der Waals surface area contributed by atoms with Gasteiger partial charge in [-0.05, 0) is 12.8 Å². The second-order valence-electron chi connectivity index (χ2n) is 5.48. The van der Waals surface area contributed by atoms with Crippen LogP contribution in [0.3, 0.4) is 0 Å². The van der Waals surface area contributed by atoms with Gasteiger partial charge in [0.15, 0.2) is 6.04 Å². The van der Waals surface area contributed by atoms with Gasteiger partial charge >= 0.3 is 11.9 Å². The summed E-state index contributed by atoms with van der Waals surface area (Å²) < 4.78 is 9.94. The summed E-state index contributed by atoms with van der Waals surface area (Å²) in [6.45, 7) is 0.744. The average molecular weight is 299 g/mol. The van der Waals surface area contributed by atoms with Crippen LogP contribution in [0, 0.1) is 11.8 Å². The molecular weight excluding hydrogens is 278 g/mol. The van der Waals surface area contributed by atoms with E-state index in [4.69, 9.17) is 9.47 Å². The highest BCUT2D eigenvalue weighted by Gasteiger charge is 2.42. The van der Waals surface area contributed by atoms with Crippen LogP contribution in [0.4, 0.5) is 0 Å². The van der Waals surface area contributed by atoms with Crippen LogP contribution in [0.25, 0.3) is 0 Å². The monoisotopic (exact) mass is 299 g/mol. The normalized spacial score (nSPS) is 29.8. The van der Waals surface area contributed by atoms with Gasteiger partial charge in [0, 0.05) is 6.54 Å². The first-order chi connectivity index (χ1) is 10.1. The van der Waals surface area contributed by atoms with Crippen molar-refractivity contribution in [3.63, 3.8) is 0 Å². The topological polar surface area (TPSA) is 93.1 Å². The Morgan fingerprint density at radius 3 is 2.48 bits per heavy atom. The van der Waals surface area contributed by atoms with Crippen molar-refractivity contribution in [1.29, 1.82) is 0 Å². The Labute approximate surface area is 123 Å². The Hall–Kier alpha value is -1.63. The second-order valence-corrected chi connectivity index (χ2v) is 5.48. The lowest BCUT2D eigenvalue weighted by Gasteiger charge is -2.38. The van der Waals surface area contributed by atoms with Gasteiger partial charge < -0.3 is 19.5 Å². The van der Waals surface area contributed by atoms with Gasteiger partial charge in [0.1, 0.15) is 0 Å². The number of carboxylic acid groups (broad SMARTS) is 1. The molecule has 3 unspecified atom stereocenters. The van der Waals surface area contributed by atoms with Gasteiger partial charge in [0.2, 0.25) is 5.91 Å². The van der Waals surface area contributed by atoms with E-state index >= 15 is 0 Å². The quantitative estimate of drug-likeness (QED) is 0.752. The van der Waals surface area contributed by atoms with E-state index in [2.05, 4.69) is 0 Å². The maximum Gasteiger partial charge on any atom is 0.331 e. The van der Waals surface area contributed by atoms with E-state index in [0.29, 0.717) is 26.0 Å². The molecular formula is C14H21NO6. The molecule has 1 amide bonds. The highest BCUT2D eigenvalue weighted by atomic mass is 16.5. The number of aliphatic carboxylic acids is 1. The smallest absolute Gasteiger partial charge is 0.331 e. The number of hydrogen-bond acceptors (Lipinski definition) is 5. The fourth-order valence-corrected chi connectivity index (χ4v) is 3.13. The minimum absolute atomic E-state index is 0.100. The molecule has 1 heterocycles. The van der Waals surface area contributed by atoms with Gasteiger partial charge in [-0.25, -0.2) is 4.79 Å². The molecule has 2 rings (SSSR count). The van der Waals surface area contributed by atoms with Crippen molar-refractivity contribution in [1.82, 2.24) is 4.90 Å². The Balaban J connectivity index is 2.15. The number of nitrogens with zero attached hydrogens (tertiary/aromatic N) is 1. The van der Waals surface area contributed by atoms with Crippen molar-refractivity contribution in [3.05, 3.63) is 0 Å². The Morgan fingerprint density at radius 2 is 1.86 bits per heavy atom. The molecule has 1 saturated heterocycles. The summed E-state index contributed by atoms with van der Waals surface area (Å²) in [6, 6.07) is -0.771. The molecule has 2 aliphatic rings. The number of amides is 1. The molecule has 118 valence electrons. The lowest BCUT2D eigenvalue weighted by atomic mass is 9.78. The van der Waals surface area contributed by atoms with Gasteiger partial charge in [-0.2, -0.15) is 0 Å². The van der Waals surface area contributed by atoms with Crippen molar-refractivity contribution in [2.24, 2.45) is 11.8 Å². The SMILES string of the molecule is COC(=O)C1COCCN1C(=O)C1CCCCC1C(=O)O. The highest BCUT2D eigenvalue weighted by molar-refractivity contribution is 5.89. The third-order valence-corrected chi connectivity index (χ3v) is 4.29. The fourth-order valence-electron chi connectivity index (χ4n) is 3.13. The third kappa shape index (κ3) is 3.34. The van der Waals surface area contributed by atoms with E-state index in [0.717, 1.165) is 12.8 Å². The van der Waals surface area contributed by atoms with Crippen LogP contribution in [-0.4, -0.2) is 60.8 Å². The zero-order valence-corrected chi connectivity index (χ0v) is 12.1. The van der Waals surface area contributed by atoms with Crippen molar-refractivity contribution >= 4 is 17.8 Å². The molecule has 1 aliphatic carbocycles. The molecule has 0 aromatic carbocycles. The van der Waals surface area contributed by atoms with Crippen LogP contribution < -0.4 is 0 Å². The van der Waals surface area contributed by atoms with E-state index in [9.17, 15) is 19.5 Å². The highest BCUT2D eigenvalue weighted by Crippen LogP contribution is 2.32. The Bertz CT molecular complexity index is 424. The summed E-state index contributed by atoms with van der Waals surface area (Å²) in [5, 5.41) is 9.29. The molecule has 2 fully saturated rings. The summed E-state index contributed by atoms with van der Waals surface area (Å²) in [5.41, 5.74) is 0. The van der Waals surface area contributed by atoms with Gasteiger partial charge in [-0.15, -0.1) is 0 Å². The summed E-state index contributed by atoms with van der Waals surface area (Å²) in [6.07, 6.45) is 2.73. The molecule has 0 bridgehead atoms. The van der Waals surface area contributed by atoms with E-state index in [1.807, 2.05) is 0 Å². The molecule has 1 aliphatic heterocycles. The number of carbonyl (C=O) groups is 3. The Morgan fingerprint density at radius 1 is 1.19 bits per heavy atom. The summed E-state index contributed by atoms with van der Waals surface area (Å²) in [7, 11) is 1.26. The first kappa shape index (κ1) is 15.8. The molecule has 0 aromatic rings. The van der Waals surface area contributed by atoms with Crippen LogP contribution in [0.1, 0.15) is 25.7 Å². The van der Waals surface area contributed by atoms with Crippen molar-refractivity contribution in [3.8, 4) is 0 Å². The number of rotatable bonds is 3. The van der Waals surface area contributed by atoms with E-state index in [-0.39, 0.29) is 12.5 Å². The molecule has 7 heteroatoms. The van der Waals surface area contributed by atoms with E-state index in [1.165, 1.54) is 12.0 Å². The number of carboxylic acids is 1. The number of morpholine rings is 1. The molecule has 0 spiro atoms. The van der Waals surface area contributed by atoms with Gasteiger partial charge in [0.25, 0.3) is 0 Å². The van der Waals surface area contributed by atoms with Gasteiger partial charge in [0.05, 0.1) is 32.2 Å². The Kier molecular flexibility index (Phi) is 5.17. The van der Waals surface area contributed by atoms with Crippen LogP contribution in [-0.2, 0) is 23.9 Å². The zero-order valence-electron chi connectivity index (χ0n) is 12.1. The average Bonchev–Trinajstić information content (AvgIpc) is 2.53. The van der Waals surface area contributed by atoms with Crippen molar-refractivity contribution in [2.75, 3.05) is 26.9 Å². The number of hydrogen-bond donors (Lipinski definition) is 1. The zero-order chi connectivity index (χ0) is 15.4.